The summed E-state index contributed by atoms with van der Waals surface area (Å²) in [6.07, 6.45) is 13.3. The van der Waals surface area contributed by atoms with Gasteiger partial charge in [0.25, 0.3) is 5.91 Å². The fourth-order valence-corrected chi connectivity index (χ4v) is 6.37. The van der Waals surface area contributed by atoms with Crippen LogP contribution in [0.1, 0.15) is 51.4 Å². The first-order chi connectivity index (χ1) is 13.0. The molecule has 6 heteroatoms. The lowest BCUT2D eigenvalue weighted by Crippen LogP contribution is -2.56. The zero-order valence-corrected chi connectivity index (χ0v) is 15.7. The quantitative estimate of drug-likeness (QED) is 0.586. The Balaban J connectivity index is 1.39. The van der Waals surface area contributed by atoms with E-state index in [1.807, 2.05) is 0 Å². The second-order valence-electron chi connectivity index (χ2n) is 8.94. The fourth-order valence-electron chi connectivity index (χ4n) is 6.37. The Morgan fingerprint density at radius 3 is 2.33 bits per heavy atom. The van der Waals surface area contributed by atoms with E-state index in [0.29, 0.717) is 30.7 Å². The van der Waals surface area contributed by atoms with E-state index in [4.69, 9.17) is 11.2 Å². The number of rotatable bonds is 5. The van der Waals surface area contributed by atoms with E-state index >= 15 is 0 Å². The van der Waals surface area contributed by atoms with Crippen LogP contribution in [0.3, 0.4) is 0 Å². The Hall–Kier alpha value is -2.03. The van der Waals surface area contributed by atoms with Crippen LogP contribution in [0.4, 0.5) is 0 Å². The number of hydrogen-bond donors (Lipinski definition) is 1. The third-order valence-electron chi connectivity index (χ3n) is 7.01. The molecule has 5 rings (SSSR count). The van der Waals surface area contributed by atoms with Crippen LogP contribution in [0.2, 0.25) is 0 Å². The second kappa shape index (κ2) is 7.18. The molecule has 0 aromatic rings. The van der Waals surface area contributed by atoms with Crippen molar-refractivity contribution in [2.24, 2.45) is 23.2 Å². The highest BCUT2D eigenvalue weighted by Crippen LogP contribution is 2.60. The molecule has 1 N–H and O–H groups in total. The highest BCUT2D eigenvalue weighted by molar-refractivity contribution is 5.90. The Morgan fingerprint density at radius 2 is 1.74 bits per heavy atom. The van der Waals surface area contributed by atoms with Crippen molar-refractivity contribution < 1.29 is 19.1 Å². The molecule has 27 heavy (non-hydrogen) atoms. The van der Waals surface area contributed by atoms with E-state index < -0.39 is 17.9 Å². The molecule has 4 bridgehead atoms. The summed E-state index contributed by atoms with van der Waals surface area (Å²) in [5, 5.41) is 2.47. The van der Waals surface area contributed by atoms with E-state index in [9.17, 15) is 14.4 Å². The average molecular weight is 372 g/mol. The Kier molecular flexibility index (Phi) is 4.88. The number of nitrogens with zero attached hydrogens (tertiary/aromatic N) is 1. The molecular weight excluding hydrogens is 344 g/mol. The molecule has 0 unspecified atom stereocenters. The first-order valence-electron chi connectivity index (χ1n) is 10.2. The number of terminal acetylenes is 1. The lowest BCUT2D eigenvalue weighted by molar-refractivity contribution is -0.166. The van der Waals surface area contributed by atoms with Gasteiger partial charge in [0.15, 0.2) is 6.61 Å². The highest BCUT2D eigenvalue weighted by atomic mass is 16.5. The van der Waals surface area contributed by atoms with Crippen LogP contribution < -0.4 is 5.32 Å². The molecule has 6 nitrogen and oxygen atoms in total. The summed E-state index contributed by atoms with van der Waals surface area (Å²) < 4.78 is 5.17. The molecule has 1 saturated heterocycles. The van der Waals surface area contributed by atoms with Gasteiger partial charge in [0.05, 0.1) is 12.0 Å². The van der Waals surface area contributed by atoms with Crippen molar-refractivity contribution in [2.75, 3.05) is 19.7 Å². The Bertz CT molecular complexity index is 645. The number of esters is 1. The van der Waals surface area contributed by atoms with Crippen LogP contribution in [0.5, 0.6) is 0 Å². The third-order valence-corrected chi connectivity index (χ3v) is 7.01. The monoisotopic (exact) mass is 372 g/mol. The minimum atomic E-state index is -0.550. The number of nitrogens with one attached hydrogen (secondary N) is 1. The van der Waals surface area contributed by atoms with Crippen molar-refractivity contribution in [3.05, 3.63) is 0 Å². The molecule has 0 spiro atoms. The van der Waals surface area contributed by atoms with E-state index in [2.05, 4.69) is 11.2 Å². The molecule has 5 fully saturated rings. The zero-order valence-electron chi connectivity index (χ0n) is 15.7. The summed E-state index contributed by atoms with van der Waals surface area (Å²) in [6.45, 7) is 0.372. The summed E-state index contributed by atoms with van der Waals surface area (Å²) >= 11 is 0. The van der Waals surface area contributed by atoms with Gasteiger partial charge >= 0.3 is 5.97 Å². The van der Waals surface area contributed by atoms with Crippen LogP contribution in [0.25, 0.3) is 0 Å². The number of carbonyl (C=O) groups excluding carboxylic acids is 3. The predicted octanol–water partition coefficient (Wildman–Crippen LogP) is 1.49. The zero-order chi connectivity index (χ0) is 19.0. The normalized spacial score (nSPS) is 36.3. The lowest BCUT2D eigenvalue weighted by Gasteiger charge is -2.56. The maximum absolute atomic E-state index is 13.5. The van der Waals surface area contributed by atoms with Crippen molar-refractivity contribution in [1.29, 1.82) is 0 Å². The maximum Gasteiger partial charge on any atom is 0.329 e. The van der Waals surface area contributed by atoms with Gasteiger partial charge < -0.3 is 15.0 Å². The van der Waals surface area contributed by atoms with Gasteiger partial charge in [-0.2, -0.15) is 0 Å². The first kappa shape index (κ1) is 18.3. The van der Waals surface area contributed by atoms with Gasteiger partial charge in [0, 0.05) is 6.54 Å². The molecule has 1 heterocycles. The summed E-state index contributed by atoms with van der Waals surface area (Å²) in [5.74, 6) is 3.64. The maximum atomic E-state index is 13.5. The molecule has 0 aromatic carbocycles. The SMILES string of the molecule is C#CCNC(=O)COC(=O)[C@@H]1CCCN1C(=O)C12CC3CC(CC(C3)C1)C2. The summed E-state index contributed by atoms with van der Waals surface area (Å²) in [5.41, 5.74) is -0.248. The second-order valence-corrected chi connectivity index (χ2v) is 8.94. The molecule has 146 valence electrons. The summed E-state index contributed by atoms with van der Waals surface area (Å²) in [4.78, 5) is 39.4. The number of ether oxygens (including phenoxy) is 1. The van der Waals surface area contributed by atoms with Crippen molar-refractivity contribution in [1.82, 2.24) is 10.2 Å². The molecule has 2 amide bonds. The number of likely N-dealkylation sites (tertiary alicyclic amines) is 1. The topological polar surface area (TPSA) is 75.7 Å². The van der Waals surface area contributed by atoms with Crippen molar-refractivity contribution >= 4 is 17.8 Å². The molecule has 5 aliphatic rings. The molecule has 0 radical (unpaired) electrons. The van der Waals surface area contributed by atoms with E-state index in [1.54, 1.807) is 4.90 Å². The molecule has 4 saturated carbocycles. The van der Waals surface area contributed by atoms with Crippen molar-refractivity contribution in [2.45, 2.75) is 57.4 Å². The first-order valence-corrected chi connectivity index (χ1v) is 10.2. The highest BCUT2D eigenvalue weighted by Gasteiger charge is 2.56. The van der Waals surface area contributed by atoms with Gasteiger partial charge in [-0.3, -0.25) is 9.59 Å². The third kappa shape index (κ3) is 3.44. The fraction of sp³-hybridized carbons (Fsp3) is 0.762. The van der Waals surface area contributed by atoms with Gasteiger partial charge in [-0.05, 0) is 69.1 Å². The van der Waals surface area contributed by atoms with Gasteiger partial charge in [0.1, 0.15) is 6.04 Å². The van der Waals surface area contributed by atoms with E-state index in [1.165, 1.54) is 19.3 Å². The molecule has 4 aliphatic carbocycles. The van der Waals surface area contributed by atoms with Gasteiger partial charge in [-0.1, -0.05) is 5.92 Å². The number of amides is 2. The van der Waals surface area contributed by atoms with Crippen LogP contribution in [-0.2, 0) is 19.1 Å². The van der Waals surface area contributed by atoms with Crippen molar-refractivity contribution in [3.63, 3.8) is 0 Å². The van der Waals surface area contributed by atoms with Gasteiger partial charge in [-0.25, -0.2) is 4.79 Å². The largest absolute Gasteiger partial charge is 0.454 e. The number of carbonyl (C=O) groups is 3. The van der Waals surface area contributed by atoms with Gasteiger partial charge in [-0.15, -0.1) is 6.42 Å². The average Bonchev–Trinajstić information content (AvgIpc) is 3.12. The molecule has 0 aromatic heterocycles. The van der Waals surface area contributed by atoms with Crippen LogP contribution in [0.15, 0.2) is 0 Å². The Morgan fingerprint density at radius 1 is 1.11 bits per heavy atom. The number of hydrogen-bond acceptors (Lipinski definition) is 4. The summed E-state index contributed by atoms with van der Waals surface area (Å²) in [6, 6.07) is -0.550. The van der Waals surface area contributed by atoms with Crippen LogP contribution >= 0.6 is 0 Å². The van der Waals surface area contributed by atoms with Gasteiger partial charge in [0.2, 0.25) is 5.91 Å². The lowest BCUT2D eigenvalue weighted by atomic mass is 9.49. The van der Waals surface area contributed by atoms with E-state index in [-0.39, 0.29) is 24.5 Å². The Labute approximate surface area is 160 Å². The minimum absolute atomic E-state index is 0.108. The van der Waals surface area contributed by atoms with Crippen LogP contribution in [-0.4, -0.2) is 48.4 Å². The molecule has 1 atom stereocenters. The minimum Gasteiger partial charge on any atom is -0.454 e. The summed E-state index contributed by atoms with van der Waals surface area (Å²) in [7, 11) is 0. The van der Waals surface area contributed by atoms with E-state index in [0.717, 1.165) is 25.7 Å². The van der Waals surface area contributed by atoms with Crippen LogP contribution in [0, 0.1) is 35.5 Å². The molecular formula is C21H28N2O4. The van der Waals surface area contributed by atoms with Crippen molar-refractivity contribution in [3.8, 4) is 12.3 Å². The smallest absolute Gasteiger partial charge is 0.329 e. The standard InChI is InChI=1S/C21H28N2O4/c1-2-5-22-18(24)13-27-19(25)17-4-3-6-23(17)20(26)21-10-14-7-15(11-21)9-16(8-14)12-21/h1,14-17H,3-13H2,(H,22,24)/t14?,15?,16?,17-,21?/m0/s1. The predicted molar refractivity (Wildman–Crippen MR) is 98.1 cm³/mol. The molecule has 1 aliphatic heterocycles.